The van der Waals surface area contributed by atoms with Crippen LogP contribution in [0.3, 0.4) is 0 Å². The van der Waals surface area contributed by atoms with Crippen LogP contribution in [0.2, 0.25) is 0 Å². The maximum Gasteiger partial charge on any atom is 0.329 e. The smallest absolute Gasteiger partial charge is 0.295 e. The number of alkyl halides is 1. The van der Waals surface area contributed by atoms with Gasteiger partial charge >= 0.3 is 5.69 Å². The lowest BCUT2D eigenvalue weighted by molar-refractivity contribution is -0.135. The summed E-state index contributed by atoms with van der Waals surface area (Å²) in [6.45, 7) is 0. The number of aryl methyl sites for hydroxylation is 2. The zero-order valence-electron chi connectivity index (χ0n) is 14.3. The van der Waals surface area contributed by atoms with Crippen LogP contribution in [0.1, 0.15) is 43.7 Å². The summed E-state index contributed by atoms with van der Waals surface area (Å²) in [4.78, 5) is 36.2. The Kier molecular flexibility index (Phi) is 5.42. The van der Waals surface area contributed by atoms with Crippen molar-refractivity contribution in [2.24, 2.45) is 7.05 Å². The molecule has 0 aliphatic carbocycles. The molecule has 1 unspecified atom stereocenters. The highest BCUT2D eigenvalue weighted by Crippen LogP contribution is 2.24. The third-order valence-corrected chi connectivity index (χ3v) is 5.34. The van der Waals surface area contributed by atoms with Gasteiger partial charge in [0.05, 0.1) is 11.0 Å². The number of carbonyl (C=O) groups excluding carboxylic acids is 2. The second kappa shape index (κ2) is 7.56. The van der Waals surface area contributed by atoms with Gasteiger partial charge in [-0.05, 0) is 43.4 Å². The van der Waals surface area contributed by atoms with Crippen LogP contribution in [0.5, 0.6) is 0 Å². The van der Waals surface area contributed by atoms with E-state index in [-0.39, 0.29) is 18.0 Å². The second-order valence-corrected chi connectivity index (χ2v) is 7.29. The van der Waals surface area contributed by atoms with Crippen molar-refractivity contribution in [1.82, 2.24) is 14.5 Å². The fourth-order valence-corrected chi connectivity index (χ4v) is 3.79. The summed E-state index contributed by atoms with van der Waals surface area (Å²) in [5, 5.41) is 3.35. The Balaban J connectivity index is 1.93. The molecule has 1 aromatic carbocycles. The highest BCUT2D eigenvalue weighted by atomic mass is 79.9. The molecular weight excluding hydrogens is 386 g/mol. The first kappa shape index (κ1) is 17.9. The van der Waals surface area contributed by atoms with Gasteiger partial charge in [-0.2, -0.15) is 0 Å². The van der Waals surface area contributed by atoms with E-state index < -0.39 is 11.9 Å². The van der Waals surface area contributed by atoms with E-state index in [0.29, 0.717) is 6.42 Å². The molecule has 0 radical (unpaired) electrons. The molecule has 1 aromatic heterocycles. The predicted octanol–water partition coefficient (Wildman–Crippen LogP) is 2.43. The van der Waals surface area contributed by atoms with Gasteiger partial charge in [-0.25, -0.2) is 4.79 Å². The fraction of sp³-hybridized carbons (Fsp3) is 0.500. The number of aromatic nitrogens is 2. The van der Waals surface area contributed by atoms with E-state index in [1.165, 1.54) is 16.6 Å². The average Bonchev–Trinajstić information content (AvgIpc) is 2.83. The van der Waals surface area contributed by atoms with Crippen LogP contribution in [0.4, 0.5) is 0 Å². The van der Waals surface area contributed by atoms with Crippen molar-refractivity contribution in [3.63, 3.8) is 0 Å². The Labute approximate surface area is 154 Å². The highest BCUT2D eigenvalue weighted by molar-refractivity contribution is 9.09. The largest absolute Gasteiger partial charge is 0.329 e. The van der Waals surface area contributed by atoms with Gasteiger partial charge in [0.15, 0.2) is 0 Å². The van der Waals surface area contributed by atoms with Crippen LogP contribution in [0.25, 0.3) is 11.0 Å². The monoisotopic (exact) mass is 407 g/mol. The number of imide groups is 1. The molecule has 2 amide bonds. The lowest BCUT2D eigenvalue weighted by atomic mass is 10.0. The molecule has 1 saturated heterocycles. The number of rotatable bonds is 6. The van der Waals surface area contributed by atoms with Crippen molar-refractivity contribution in [2.75, 3.05) is 5.33 Å². The van der Waals surface area contributed by atoms with Gasteiger partial charge in [0, 0.05) is 18.8 Å². The van der Waals surface area contributed by atoms with Crippen molar-refractivity contribution < 1.29 is 9.59 Å². The first-order valence-corrected chi connectivity index (χ1v) is 9.74. The maximum absolute atomic E-state index is 12.7. The number of piperidine rings is 1. The van der Waals surface area contributed by atoms with Crippen molar-refractivity contribution in [1.29, 1.82) is 0 Å². The summed E-state index contributed by atoms with van der Waals surface area (Å²) in [7, 11) is 1.72. The molecule has 0 spiro atoms. The number of halogens is 1. The molecule has 1 aliphatic heterocycles. The number of fused-ring (bicyclic) bond motifs is 1. The number of carbonyl (C=O) groups is 2. The lowest BCUT2D eigenvalue weighted by Gasteiger charge is -2.21. The van der Waals surface area contributed by atoms with Crippen LogP contribution in [0, 0.1) is 0 Å². The Morgan fingerprint density at radius 3 is 2.68 bits per heavy atom. The number of nitrogens with zero attached hydrogens (tertiary/aromatic N) is 2. The van der Waals surface area contributed by atoms with Gasteiger partial charge in [-0.1, -0.05) is 28.4 Å². The number of imidazole rings is 1. The minimum absolute atomic E-state index is 0.221. The fourth-order valence-electron chi connectivity index (χ4n) is 3.39. The number of amides is 2. The molecule has 3 rings (SSSR count). The van der Waals surface area contributed by atoms with E-state index in [4.69, 9.17) is 0 Å². The van der Waals surface area contributed by atoms with Crippen molar-refractivity contribution in [2.45, 2.75) is 44.6 Å². The van der Waals surface area contributed by atoms with E-state index in [0.717, 1.165) is 35.6 Å². The number of nitrogens with one attached hydrogen (secondary N) is 1. The minimum atomic E-state index is -0.626. The molecule has 1 atom stereocenters. The molecule has 134 valence electrons. The van der Waals surface area contributed by atoms with E-state index in [2.05, 4.69) is 21.2 Å². The third-order valence-electron chi connectivity index (χ3n) is 4.77. The first-order valence-electron chi connectivity index (χ1n) is 8.62. The molecule has 1 fully saturated rings. The summed E-state index contributed by atoms with van der Waals surface area (Å²) in [5.74, 6) is -0.676. The zero-order valence-corrected chi connectivity index (χ0v) is 15.8. The van der Waals surface area contributed by atoms with E-state index in [9.17, 15) is 14.4 Å². The number of unbranched alkanes of at least 4 members (excludes halogenated alkanes) is 2. The average molecular weight is 408 g/mol. The van der Waals surface area contributed by atoms with Gasteiger partial charge in [-0.15, -0.1) is 0 Å². The number of benzene rings is 1. The summed E-state index contributed by atoms with van der Waals surface area (Å²) in [5.41, 5.74) is 2.54. The van der Waals surface area contributed by atoms with Gasteiger partial charge in [0.1, 0.15) is 6.04 Å². The van der Waals surface area contributed by atoms with Crippen LogP contribution in [0.15, 0.2) is 23.0 Å². The Morgan fingerprint density at radius 2 is 1.96 bits per heavy atom. The third kappa shape index (κ3) is 3.56. The quantitative estimate of drug-likeness (QED) is 0.453. The van der Waals surface area contributed by atoms with Crippen LogP contribution >= 0.6 is 15.9 Å². The van der Waals surface area contributed by atoms with E-state index in [1.54, 1.807) is 11.6 Å². The normalized spacial score (nSPS) is 17.9. The zero-order chi connectivity index (χ0) is 18.0. The van der Waals surface area contributed by atoms with Crippen LogP contribution in [-0.2, 0) is 23.1 Å². The molecular formula is C18H22BrN3O3. The van der Waals surface area contributed by atoms with Gasteiger partial charge in [0.2, 0.25) is 11.8 Å². The summed E-state index contributed by atoms with van der Waals surface area (Å²) in [6.07, 6.45) is 5.02. The number of hydrogen-bond donors (Lipinski definition) is 1. The standard InChI is InChI=1S/C18H22BrN3O3/c1-21-15-11-12(5-3-2-4-10-19)6-7-13(15)22(18(21)25)14-8-9-16(23)20-17(14)24/h6-7,11,14H,2-5,8-10H2,1H3,(H,20,23,24). The Hall–Kier alpha value is -1.89. The Bertz CT molecular complexity index is 868. The lowest BCUT2D eigenvalue weighted by Crippen LogP contribution is -2.44. The first-order chi connectivity index (χ1) is 12.0. The molecule has 7 heteroatoms. The van der Waals surface area contributed by atoms with E-state index in [1.807, 2.05) is 18.2 Å². The van der Waals surface area contributed by atoms with Gasteiger partial charge in [-0.3, -0.25) is 24.0 Å². The van der Waals surface area contributed by atoms with Crippen molar-refractivity contribution >= 4 is 38.8 Å². The Morgan fingerprint density at radius 1 is 1.16 bits per heavy atom. The molecule has 1 N–H and O–H groups in total. The molecule has 0 saturated carbocycles. The summed E-state index contributed by atoms with van der Waals surface area (Å²) >= 11 is 3.44. The molecule has 25 heavy (non-hydrogen) atoms. The molecule has 6 nitrogen and oxygen atoms in total. The molecule has 2 heterocycles. The predicted molar refractivity (Wildman–Crippen MR) is 99.9 cm³/mol. The second-order valence-electron chi connectivity index (χ2n) is 6.50. The summed E-state index contributed by atoms with van der Waals surface area (Å²) in [6, 6.07) is 5.35. The molecule has 1 aliphatic rings. The highest BCUT2D eigenvalue weighted by Gasteiger charge is 2.31. The topological polar surface area (TPSA) is 73.1 Å². The minimum Gasteiger partial charge on any atom is -0.295 e. The SMILES string of the molecule is Cn1c(=O)n(C2CCC(=O)NC2=O)c2ccc(CCCCCBr)cc21. The maximum atomic E-state index is 12.7. The van der Waals surface area contributed by atoms with Crippen molar-refractivity contribution in [3.8, 4) is 0 Å². The van der Waals surface area contributed by atoms with Gasteiger partial charge in [0.25, 0.3) is 0 Å². The summed E-state index contributed by atoms with van der Waals surface area (Å²) < 4.78 is 3.10. The van der Waals surface area contributed by atoms with Crippen molar-refractivity contribution in [3.05, 3.63) is 34.2 Å². The molecule has 0 bridgehead atoms. The van der Waals surface area contributed by atoms with Gasteiger partial charge < -0.3 is 0 Å². The van der Waals surface area contributed by atoms with Crippen LogP contribution in [-0.4, -0.2) is 26.3 Å². The number of hydrogen-bond acceptors (Lipinski definition) is 3. The molecule has 2 aromatic rings. The van der Waals surface area contributed by atoms with E-state index >= 15 is 0 Å². The van der Waals surface area contributed by atoms with Crippen LogP contribution < -0.4 is 11.0 Å².